The fraction of sp³-hybridized carbons (Fsp3) is 0.471. The number of imidazole rings is 1. The number of amides is 1. The summed E-state index contributed by atoms with van der Waals surface area (Å²) in [7, 11) is 0. The van der Waals surface area contributed by atoms with Crippen LogP contribution in [0.15, 0.2) is 23.3 Å². The molecule has 0 fully saturated rings. The van der Waals surface area contributed by atoms with Crippen LogP contribution in [-0.2, 0) is 6.54 Å². The minimum absolute atomic E-state index is 0.201. The fourth-order valence-corrected chi connectivity index (χ4v) is 2.40. The van der Waals surface area contributed by atoms with Gasteiger partial charge in [0, 0.05) is 17.8 Å². The molecule has 0 saturated carbocycles. The zero-order valence-corrected chi connectivity index (χ0v) is 14.0. The maximum absolute atomic E-state index is 12.2. The Morgan fingerprint density at radius 3 is 2.77 bits per heavy atom. The number of carbonyl (C=O) groups is 1. The van der Waals surface area contributed by atoms with Gasteiger partial charge in [0.2, 0.25) is 0 Å². The summed E-state index contributed by atoms with van der Waals surface area (Å²) < 4.78 is 2.13. The minimum Gasteiger partial charge on any atom is -0.329 e. The summed E-state index contributed by atoms with van der Waals surface area (Å²) in [6.07, 6.45) is 1.00. The Hall–Kier alpha value is -2.17. The number of aromatic nitrogens is 2. The summed E-state index contributed by atoms with van der Waals surface area (Å²) >= 11 is 0. The van der Waals surface area contributed by atoms with Crippen LogP contribution in [0.25, 0.3) is 11.0 Å². The van der Waals surface area contributed by atoms with Gasteiger partial charge in [-0.25, -0.2) is 10.4 Å². The van der Waals surface area contributed by atoms with Gasteiger partial charge in [-0.05, 0) is 51.3 Å². The molecular formula is C17H24N4O. The predicted octanol–water partition coefficient (Wildman–Crippen LogP) is 3.52. The molecule has 0 aliphatic rings. The maximum Gasteiger partial charge on any atom is 0.271 e. The van der Waals surface area contributed by atoms with E-state index in [-0.39, 0.29) is 5.91 Å². The van der Waals surface area contributed by atoms with Crippen LogP contribution < -0.4 is 5.43 Å². The Labute approximate surface area is 131 Å². The molecule has 118 valence electrons. The zero-order chi connectivity index (χ0) is 16.3. The molecule has 1 amide bonds. The van der Waals surface area contributed by atoms with E-state index in [0.717, 1.165) is 35.5 Å². The first-order valence-corrected chi connectivity index (χ1v) is 7.79. The molecule has 1 aromatic carbocycles. The number of nitrogens with zero attached hydrogens (tertiary/aromatic N) is 3. The van der Waals surface area contributed by atoms with Crippen LogP contribution in [0.2, 0.25) is 0 Å². The normalized spacial score (nSPS) is 13.4. The van der Waals surface area contributed by atoms with Gasteiger partial charge in [-0.2, -0.15) is 5.10 Å². The number of rotatable bonds is 5. The number of fused-ring (bicyclic) bond motifs is 1. The molecule has 0 bridgehead atoms. The molecule has 0 radical (unpaired) electrons. The second kappa shape index (κ2) is 6.73. The average molecular weight is 300 g/mol. The largest absolute Gasteiger partial charge is 0.329 e. The lowest BCUT2D eigenvalue weighted by molar-refractivity contribution is 0.0954. The lowest BCUT2D eigenvalue weighted by Gasteiger charge is -2.08. The molecule has 0 saturated heterocycles. The highest BCUT2D eigenvalue weighted by atomic mass is 16.2. The zero-order valence-electron chi connectivity index (χ0n) is 14.0. The quantitative estimate of drug-likeness (QED) is 0.678. The highest BCUT2D eigenvalue weighted by Gasteiger charge is 2.11. The molecule has 0 aliphatic carbocycles. The van der Waals surface area contributed by atoms with Crippen molar-refractivity contribution in [3.8, 4) is 0 Å². The molecule has 0 aliphatic heterocycles. The molecule has 22 heavy (non-hydrogen) atoms. The Morgan fingerprint density at radius 2 is 2.14 bits per heavy atom. The van der Waals surface area contributed by atoms with E-state index in [4.69, 9.17) is 0 Å². The molecular weight excluding hydrogens is 276 g/mol. The van der Waals surface area contributed by atoms with E-state index >= 15 is 0 Å². The summed E-state index contributed by atoms with van der Waals surface area (Å²) in [4.78, 5) is 16.7. The van der Waals surface area contributed by atoms with Crippen LogP contribution in [0, 0.1) is 12.8 Å². The molecule has 0 unspecified atom stereocenters. The number of hydrazone groups is 1. The van der Waals surface area contributed by atoms with Crippen molar-refractivity contribution in [2.24, 2.45) is 11.0 Å². The number of benzene rings is 1. The van der Waals surface area contributed by atoms with Crippen molar-refractivity contribution in [3.63, 3.8) is 0 Å². The van der Waals surface area contributed by atoms with Gasteiger partial charge in [0.1, 0.15) is 5.82 Å². The SMILES string of the molecule is CC[C@H](C)/C(C)=N\NC(=O)c1ccc2c(c1)nc(C)n2CC. The molecule has 5 nitrogen and oxygen atoms in total. The standard InChI is InChI=1S/C17H24N4O/c1-6-11(3)12(4)19-20-17(22)14-8-9-16-15(10-14)18-13(5)21(16)7-2/h8-11H,6-7H2,1-5H3,(H,20,22)/b19-12-/t11-/m0/s1. The predicted molar refractivity (Wildman–Crippen MR) is 90.2 cm³/mol. The summed E-state index contributed by atoms with van der Waals surface area (Å²) in [5, 5.41) is 4.18. The first-order valence-electron chi connectivity index (χ1n) is 7.79. The summed E-state index contributed by atoms with van der Waals surface area (Å²) in [5.74, 6) is 1.12. The molecule has 1 aromatic heterocycles. The van der Waals surface area contributed by atoms with Gasteiger partial charge in [-0.1, -0.05) is 13.8 Å². The van der Waals surface area contributed by atoms with E-state index in [1.54, 1.807) is 0 Å². The van der Waals surface area contributed by atoms with E-state index in [9.17, 15) is 4.79 Å². The van der Waals surface area contributed by atoms with E-state index in [2.05, 4.69) is 40.8 Å². The average Bonchev–Trinajstić information content (AvgIpc) is 2.85. The Morgan fingerprint density at radius 1 is 1.41 bits per heavy atom. The molecule has 1 heterocycles. The van der Waals surface area contributed by atoms with Crippen molar-refractivity contribution in [2.45, 2.75) is 47.6 Å². The van der Waals surface area contributed by atoms with Gasteiger partial charge in [0.25, 0.3) is 5.91 Å². The third kappa shape index (κ3) is 3.18. The summed E-state index contributed by atoms with van der Waals surface area (Å²) in [5.41, 5.74) is 6.03. The summed E-state index contributed by atoms with van der Waals surface area (Å²) in [6, 6.07) is 5.58. The van der Waals surface area contributed by atoms with Crippen LogP contribution in [0.3, 0.4) is 0 Å². The number of carbonyl (C=O) groups excluding carboxylic acids is 1. The monoisotopic (exact) mass is 300 g/mol. The smallest absolute Gasteiger partial charge is 0.271 e. The summed E-state index contributed by atoms with van der Waals surface area (Å²) in [6.45, 7) is 11.1. The molecule has 1 atom stereocenters. The van der Waals surface area contributed by atoms with Crippen LogP contribution >= 0.6 is 0 Å². The van der Waals surface area contributed by atoms with Crippen LogP contribution in [0.4, 0.5) is 0 Å². The molecule has 5 heteroatoms. The molecule has 2 rings (SSSR count). The van der Waals surface area contributed by atoms with Crippen LogP contribution in [0.5, 0.6) is 0 Å². The number of aryl methyl sites for hydroxylation is 2. The van der Waals surface area contributed by atoms with E-state index in [1.165, 1.54) is 0 Å². The second-order valence-corrected chi connectivity index (χ2v) is 5.61. The lowest BCUT2D eigenvalue weighted by atomic mass is 10.1. The van der Waals surface area contributed by atoms with Crippen molar-refractivity contribution in [1.29, 1.82) is 0 Å². The topological polar surface area (TPSA) is 59.3 Å². The first-order chi connectivity index (χ1) is 10.5. The van der Waals surface area contributed by atoms with Gasteiger partial charge >= 0.3 is 0 Å². The third-order valence-electron chi connectivity index (χ3n) is 4.18. The van der Waals surface area contributed by atoms with Crippen LogP contribution in [-0.4, -0.2) is 21.2 Å². The van der Waals surface area contributed by atoms with E-state index in [0.29, 0.717) is 11.5 Å². The van der Waals surface area contributed by atoms with E-state index in [1.807, 2.05) is 32.0 Å². The molecule has 2 aromatic rings. The number of nitrogens with one attached hydrogen (secondary N) is 1. The maximum atomic E-state index is 12.2. The second-order valence-electron chi connectivity index (χ2n) is 5.61. The Kier molecular flexibility index (Phi) is 4.96. The van der Waals surface area contributed by atoms with Gasteiger partial charge in [-0.3, -0.25) is 4.79 Å². The highest BCUT2D eigenvalue weighted by Crippen LogP contribution is 2.17. The van der Waals surface area contributed by atoms with Crippen molar-refractivity contribution >= 4 is 22.7 Å². The van der Waals surface area contributed by atoms with E-state index < -0.39 is 0 Å². The van der Waals surface area contributed by atoms with Gasteiger partial charge < -0.3 is 4.57 Å². The Balaban J connectivity index is 2.22. The van der Waals surface area contributed by atoms with Crippen LogP contribution in [0.1, 0.15) is 50.3 Å². The number of hydrogen-bond acceptors (Lipinski definition) is 3. The van der Waals surface area contributed by atoms with Crippen molar-refractivity contribution < 1.29 is 4.79 Å². The minimum atomic E-state index is -0.201. The van der Waals surface area contributed by atoms with Crippen molar-refractivity contribution in [3.05, 3.63) is 29.6 Å². The highest BCUT2D eigenvalue weighted by molar-refractivity contribution is 5.98. The van der Waals surface area contributed by atoms with Gasteiger partial charge in [-0.15, -0.1) is 0 Å². The van der Waals surface area contributed by atoms with Crippen molar-refractivity contribution in [1.82, 2.24) is 15.0 Å². The van der Waals surface area contributed by atoms with Gasteiger partial charge in [0.05, 0.1) is 11.0 Å². The lowest BCUT2D eigenvalue weighted by Crippen LogP contribution is -2.20. The molecule has 1 N–H and O–H groups in total. The third-order valence-corrected chi connectivity index (χ3v) is 4.18. The fourth-order valence-electron chi connectivity index (χ4n) is 2.40. The Bertz CT molecular complexity index is 715. The van der Waals surface area contributed by atoms with Crippen molar-refractivity contribution in [2.75, 3.05) is 0 Å². The first kappa shape index (κ1) is 16.2. The number of hydrogen-bond donors (Lipinski definition) is 1. The van der Waals surface area contributed by atoms with Gasteiger partial charge in [0.15, 0.2) is 0 Å². The molecule has 0 spiro atoms.